The summed E-state index contributed by atoms with van der Waals surface area (Å²) in [5, 5.41) is 0. The molecule has 3 heteroatoms. The first-order chi connectivity index (χ1) is 10.8. The average molecular weight is 293 g/mol. The first-order valence-corrected chi connectivity index (χ1v) is 7.56. The predicted molar refractivity (Wildman–Crippen MR) is 87.1 cm³/mol. The van der Waals surface area contributed by atoms with Crippen molar-refractivity contribution in [1.82, 2.24) is 0 Å². The molecule has 2 aromatic rings. The summed E-state index contributed by atoms with van der Waals surface area (Å²) in [6, 6.07) is 19.6. The molecule has 1 saturated carbocycles. The second kappa shape index (κ2) is 6.56. The number of carbonyl (C=O) groups excluding carboxylic acids is 1. The molecule has 112 valence electrons. The molecule has 0 bridgehead atoms. The zero-order valence-electron chi connectivity index (χ0n) is 12.6. The normalized spacial score (nSPS) is 15.0. The van der Waals surface area contributed by atoms with Gasteiger partial charge >= 0.3 is 5.97 Å². The Hall–Kier alpha value is -2.42. The highest BCUT2D eigenvalue weighted by molar-refractivity contribution is 6.13. The van der Waals surface area contributed by atoms with Crippen LogP contribution in [0.25, 0.3) is 0 Å². The lowest BCUT2D eigenvalue weighted by Crippen LogP contribution is -2.24. The fourth-order valence-electron chi connectivity index (χ4n) is 2.53. The van der Waals surface area contributed by atoms with Gasteiger partial charge < -0.3 is 4.74 Å². The van der Waals surface area contributed by atoms with Crippen molar-refractivity contribution in [2.45, 2.75) is 18.9 Å². The highest BCUT2D eigenvalue weighted by atomic mass is 16.5. The number of ether oxygens (including phenoxy) is 1. The maximum absolute atomic E-state index is 12.1. The van der Waals surface area contributed by atoms with Crippen LogP contribution in [0.15, 0.2) is 65.7 Å². The first kappa shape index (κ1) is 14.5. The molecule has 0 amide bonds. The van der Waals surface area contributed by atoms with E-state index in [9.17, 15) is 4.79 Å². The van der Waals surface area contributed by atoms with E-state index in [1.807, 2.05) is 60.7 Å². The second-order valence-corrected chi connectivity index (χ2v) is 5.52. The third-order valence-corrected chi connectivity index (χ3v) is 3.87. The standard InChI is InChI=1S/C19H19NO2/c1-22-19(21)18(16-12-13-16)20-17(14-8-4-2-5-9-14)15-10-6-3-7-11-15/h2-11,16,18H,12-13H2,1H3/t18-/m0/s1. The Kier molecular flexibility index (Phi) is 4.33. The van der Waals surface area contributed by atoms with Gasteiger partial charge in [-0.2, -0.15) is 0 Å². The molecule has 0 aromatic heterocycles. The zero-order chi connectivity index (χ0) is 15.4. The maximum Gasteiger partial charge on any atom is 0.330 e. The summed E-state index contributed by atoms with van der Waals surface area (Å²) in [6.45, 7) is 0. The molecule has 0 radical (unpaired) electrons. The van der Waals surface area contributed by atoms with Crippen LogP contribution in [0.5, 0.6) is 0 Å². The van der Waals surface area contributed by atoms with Crippen LogP contribution in [0, 0.1) is 5.92 Å². The van der Waals surface area contributed by atoms with Gasteiger partial charge in [0.05, 0.1) is 12.8 Å². The lowest BCUT2D eigenvalue weighted by molar-refractivity contribution is -0.142. The molecule has 0 unspecified atom stereocenters. The number of nitrogens with zero attached hydrogens (tertiary/aromatic N) is 1. The number of hydrogen-bond acceptors (Lipinski definition) is 3. The Morgan fingerprint density at radius 2 is 1.50 bits per heavy atom. The van der Waals surface area contributed by atoms with Gasteiger partial charge in [0.2, 0.25) is 0 Å². The van der Waals surface area contributed by atoms with Crippen molar-refractivity contribution in [2.75, 3.05) is 7.11 Å². The quantitative estimate of drug-likeness (QED) is 0.625. The molecule has 0 saturated heterocycles. The van der Waals surface area contributed by atoms with Crippen molar-refractivity contribution in [2.24, 2.45) is 10.9 Å². The van der Waals surface area contributed by atoms with E-state index in [1.165, 1.54) is 7.11 Å². The molecule has 0 aliphatic heterocycles. The molecule has 22 heavy (non-hydrogen) atoms. The van der Waals surface area contributed by atoms with Gasteiger partial charge in [-0.05, 0) is 18.8 Å². The Balaban J connectivity index is 2.04. The molecule has 1 aliphatic carbocycles. The number of esters is 1. The minimum atomic E-state index is -0.402. The van der Waals surface area contributed by atoms with Crippen molar-refractivity contribution < 1.29 is 9.53 Å². The maximum atomic E-state index is 12.1. The van der Waals surface area contributed by atoms with Gasteiger partial charge in [-0.3, -0.25) is 4.99 Å². The SMILES string of the molecule is COC(=O)[C@@H](N=C(c1ccccc1)c1ccccc1)C1CC1. The molecule has 3 rings (SSSR count). The van der Waals surface area contributed by atoms with E-state index in [4.69, 9.17) is 9.73 Å². The van der Waals surface area contributed by atoms with Crippen LogP contribution in [0.4, 0.5) is 0 Å². The van der Waals surface area contributed by atoms with Crippen molar-refractivity contribution in [3.05, 3.63) is 71.8 Å². The van der Waals surface area contributed by atoms with Gasteiger partial charge in [0.1, 0.15) is 0 Å². The average Bonchev–Trinajstić information content (AvgIpc) is 3.41. The van der Waals surface area contributed by atoms with Crippen molar-refractivity contribution in [3.63, 3.8) is 0 Å². The Labute approximate surface area is 130 Å². The van der Waals surface area contributed by atoms with E-state index in [-0.39, 0.29) is 5.97 Å². The minimum Gasteiger partial charge on any atom is -0.467 e. The van der Waals surface area contributed by atoms with E-state index >= 15 is 0 Å². The van der Waals surface area contributed by atoms with E-state index in [1.54, 1.807) is 0 Å². The van der Waals surface area contributed by atoms with Crippen LogP contribution in [-0.4, -0.2) is 24.8 Å². The highest BCUT2D eigenvalue weighted by Crippen LogP contribution is 2.35. The van der Waals surface area contributed by atoms with Crippen LogP contribution < -0.4 is 0 Å². The Morgan fingerprint density at radius 3 is 1.91 bits per heavy atom. The van der Waals surface area contributed by atoms with E-state index in [2.05, 4.69) is 0 Å². The number of carbonyl (C=O) groups is 1. The summed E-state index contributed by atoms with van der Waals surface area (Å²) in [7, 11) is 1.43. The summed E-state index contributed by atoms with van der Waals surface area (Å²) >= 11 is 0. The fourth-order valence-corrected chi connectivity index (χ4v) is 2.53. The fraction of sp³-hybridized carbons (Fsp3) is 0.263. The first-order valence-electron chi connectivity index (χ1n) is 7.56. The molecule has 0 spiro atoms. The molecule has 0 heterocycles. The van der Waals surface area contributed by atoms with Crippen LogP contribution in [0.3, 0.4) is 0 Å². The largest absolute Gasteiger partial charge is 0.467 e. The Bertz CT molecular complexity index is 619. The van der Waals surface area contributed by atoms with Crippen molar-refractivity contribution in [1.29, 1.82) is 0 Å². The molecular formula is C19H19NO2. The number of aliphatic imine (C=N–C) groups is 1. The van der Waals surface area contributed by atoms with Gasteiger partial charge in [-0.25, -0.2) is 4.79 Å². The molecule has 1 fully saturated rings. The summed E-state index contributed by atoms with van der Waals surface area (Å²) in [5.41, 5.74) is 2.88. The topological polar surface area (TPSA) is 38.7 Å². The molecule has 2 aromatic carbocycles. The molecule has 1 atom stereocenters. The van der Waals surface area contributed by atoms with E-state index < -0.39 is 6.04 Å². The number of rotatable bonds is 5. The smallest absolute Gasteiger partial charge is 0.330 e. The van der Waals surface area contributed by atoms with Crippen molar-refractivity contribution in [3.8, 4) is 0 Å². The lowest BCUT2D eigenvalue weighted by Gasteiger charge is -2.13. The summed E-state index contributed by atoms with van der Waals surface area (Å²) < 4.78 is 4.94. The molecule has 3 nitrogen and oxygen atoms in total. The monoisotopic (exact) mass is 293 g/mol. The van der Waals surface area contributed by atoms with Gasteiger partial charge in [-0.15, -0.1) is 0 Å². The van der Waals surface area contributed by atoms with Gasteiger partial charge in [0, 0.05) is 11.1 Å². The van der Waals surface area contributed by atoms with Crippen LogP contribution in [-0.2, 0) is 9.53 Å². The molecule has 1 aliphatic rings. The number of benzene rings is 2. The Morgan fingerprint density at radius 1 is 1.00 bits per heavy atom. The lowest BCUT2D eigenvalue weighted by atomic mass is 10.0. The third kappa shape index (κ3) is 3.25. The molecular weight excluding hydrogens is 274 g/mol. The van der Waals surface area contributed by atoms with Gasteiger partial charge in [0.15, 0.2) is 6.04 Å². The number of hydrogen-bond donors (Lipinski definition) is 0. The van der Waals surface area contributed by atoms with Crippen LogP contribution in [0.1, 0.15) is 24.0 Å². The van der Waals surface area contributed by atoms with Gasteiger partial charge in [0.25, 0.3) is 0 Å². The third-order valence-electron chi connectivity index (χ3n) is 3.87. The summed E-state index contributed by atoms with van der Waals surface area (Å²) in [4.78, 5) is 16.9. The van der Waals surface area contributed by atoms with E-state index in [0.29, 0.717) is 5.92 Å². The van der Waals surface area contributed by atoms with E-state index in [0.717, 1.165) is 29.7 Å². The highest BCUT2D eigenvalue weighted by Gasteiger charge is 2.37. The van der Waals surface area contributed by atoms with Gasteiger partial charge in [-0.1, -0.05) is 60.7 Å². The predicted octanol–water partition coefficient (Wildman–Crippen LogP) is 3.48. The van der Waals surface area contributed by atoms with Crippen LogP contribution >= 0.6 is 0 Å². The van der Waals surface area contributed by atoms with Crippen LogP contribution in [0.2, 0.25) is 0 Å². The van der Waals surface area contributed by atoms with Crippen molar-refractivity contribution >= 4 is 11.7 Å². The summed E-state index contributed by atoms with van der Waals surface area (Å²) in [6.07, 6.45) is 2.08. The zero-order valence-corrected chi connectivity index (χ0v) is 12.6. The summed E-state index contributed by atoms with van der Waals surface area (Å²) in [5.74, 6) is 0.0711. The second-order valence-electron chi connectivity index (χ2n) is 5.52. The minimum absolute atomic E-state index is 0.244. The number of methoxy groups -OCH3 is 1. The molecule has 0 N–H and O–H groups in total.